The molecule has 0 aliphatic heterocycles. The summed E-state index contributed by atoms with van der Waals surface area (Å²) in [4.78, 5) is 4.11. The van der Waals surface area contributed by atoms with Crippen molar-refractivity contribution in [2.45, 2.75) is 26.3 Å². The molecule has 1 aromatic carbocycles. The first-order valence-electron chi connectivity index (χ1n) is 5.94. The molecule has 1 aromatic heterocycles. The summed E-state index contributed by atoms with van der Waals surface area (Å²) in [6.07, 6.45) is 0.663. The molecule has 5 heteroatoms. The van der Waals surface area contributed by atoms with E-state index in [1.165, 1.54) is 6.07 Å². The number of aromatic nitrogens is 2. The number of aryl methyl sites for hydroxylation is 1. The molecule has 2 rings (SSSR count). The van der Waals surface area contributed by atoms with E-state index in [2.05, 4.69) is 15.5 Å². The second-order valence-corrected chi connectivity index (χ2v) is 4.18. The molecule has 0 fully saturated rings. The Morgan fingerprint density at radius 2 is 2.17 bits per heavy atom. The summed E-state index contributed by atoms with van der Waals surface area (Å²) in [6.45, 7) is 4.36. The largest absolute Gasteiger partial charge is 0.340 e. The predicted octanol–water partition coefficient (Wildman–Crippen LogP) is 2.41. The summed E-state index contributed by atoms with van der Waals surface area (Å²) in [5, 5.41) is 7.04. The van der Waals surface area contributed by atoms with Crippen LogP contribution in [0.5, 0.6) is 0 Å². The number of nitrogens with one attached hydrogen (secondary N) is 1. The molecule has 1 unspecified atom stereocenters. The van der Waals surface area contributed by atoms with E-state index in [4.69, 9.17) is 4.52 Å². The van der Waals surface area contributed by atoms with Crippen LogP contribution in [-0.4, -0.2) is 16.7 Å². The third kappa shape index (κ3) is 3.13. The van der Waals surface area contributed by atoms with E-state index in [1.54, 1.807) is 19.1 Å². The number of nitrogens with zero attached hydrogens (tertiary/aromatic N) is 2. The lowest BCUT2D eigenvalue weighted by Crippen LogP contribution is -2.22. The molecule has 0 bridgehead atoms. The van der Waals surface area contributed by atoms with Crippen molar-refractivity contribution in [3.8, 4) is 0 Å². The summed E-state index contributed by atoms with van der Waals surface area (Å²) in [5.74, 6) is 1.04. The van der Waals surface area contributed by atoms with Crippen LogP contribution in [0.25, 0.3) is 0 Å². The molecule has 0 radical (unpaired) electrons. The van der Waals surface area contributed by atoms with Gasteiger partial charge in [-0.3, -0.25) is 0 Å². The van der Waals surface area contributed by atoms with E-state index in [0.717, 1.165) is 0 Å². The number of hydrogen-bond donors (Lipinski definition) is 1. The third-order valence-electron chi connectivity index (χ3n) is 2.74. The summed E-state index contributed by atoms with van der Waals surface area (Å²) in [6, 6.07) is 6.73. The Morgan fingerprint density at radius 3 is 2.83 bits per heavy atom. The van der Waals surface area contributed by atoms with Gasteiger partial charge < -0.3 is 9.84 Å². The topological polar surface area (TPSA) is 51.0 Å². The van der Waals surface area contributed by atoms with Crippen molar-refractivity contribution in [3.05, 3.63) is 47.4 Å². The molecular formula is C13H16FN3O. The summed E-state index contributed by atoms with van der Waals surface area (Å²) in [5.41, 5.74) is 0.668. The fraction of sp³-hybridized carbons (Fsp3) is 0.385. The van der Waals surface area contributed by atoms with Crippen molar-refractivity contribution in [3.63, 3.8) is 0 Å². The van der Waals surface area contributed by atoms with E-state index in [9.17, 15) is 4.39 Å². The SMILES string of the molecule is Cc1nc(CCNC(C)c2ccccc2F)no1. The van der Waals surface area contributed by atoms with Crippen LogP contribution in [0.4, 0.5) is 4.39 Å². The Hall–Kier alpha value is -1.75. The zero-order valence-electron chi connectivity index (χ0n) is 10.5. The maximum Gasteiger partial charge on any atom is 0.223 e. The van der Waals surface area contributed by atoms with Crippen LogP contribution < -0.4 is 5.32 Å². The summed E-state index contributed by atoms with van der Waals surface area (Å²) < 4.78 is 18.4. The van der Waals surface area contributed by atoms with Gasteiger partial charge in [-0.15, -0.1) is 0 Å². The monoisotopic (exact) mass is 249 g/mol. The average molecular weight is 249 g/mol. The highest BCUT2D eigenvalue weighted by molar-refractivity contribution is 5.20. The summed E-state index contributed by atoms with van der Waals surface area (Å²) >= 11 is 0. The maximum atomic E-state index is 13.5. The van der Waals surface area contributed by atoms with Gasteiger partial charge in [0, 0.05) is 31.5 Å². The smallest absolute Gasteiger partial charge is 0.223 e. The molecule has 0 saturated heterocycles. The molecule has 0 saturated carbocycles. The van der Waals surface area contributed by atoms with Gasteiger partial charge in [0.25, 0.3) is 0 Å². The Kier molecular flexibility index (Phi) is 4.04. The minimum atomic E-state index is -0.187. The number of hydrogen-bond acceptors (Lipinski definition) is 4. The Balaban J connectivity index is 1.85. The van der Waals surface area contributed by atoms with Gasteiger partial charge in [-0.25, -0.2) is 4.39 Å². The van der Waals surface area contributed by atoms with Crippen molar-refractivity contribution in [1.29, 1.82) is 0 Å². The third-order valence-corrected chi connectivity index (χ3v) is 2.74. The highest BCUT2D eigenvalue weighted by Crippen LogP contribution is 2.15. The van der Waals surface area contributed by atoms with Crippen LogP contribution >= 0.6 is 0 Å². The van der Waals surface area contributed by atoms with Crippen LogP contribution in [0, 0.1) is 12.7 Å². The molecule has 18 heavy (non-hydrogen) atoms. The normalized spacial score (nSPS) is 12.6. The number of halogens is 1. The summed E-state index contributed by atoms with van der Waals surface area (Å²) in [7, 11) is 0. The quantitative estimate of drug-likeness (QED) is 0.884. The van der Waals surface area contributed by atoms with Crippen LogP contribution in [0.15, 0.2) is 28.8 Å². The Morgan fingerprint density at radius 1 is 1.39 bits per heavy atom. The molecule has 2 aromatic rings. The van der Waals surface area contributed by atoms with Gasteiger partial charge in [0.05, 0.1) is 0 Å². The van der Waals surface area contributed by atoms with E-state index in [1.807, 2.05) is 13.0 Å². The van der Waals surface area contributed by atoms with Crippen molar-refractivity contribution in [1.82, 2.24) is 15.5 Å². The van der Waals surface area contributed by atoms with Gasteiger partial charge >= 0.3 is 0 Å². The first-order chi connectivity index (χ1) is 8.66. The van der Waals surface area contributed by atoms with E-state index >= 15 is 0 Å². The van der Waals surface area contributed by atoms with Crippen molar-refractivity contribution in [2.75, 3.05) is 6.54 Å². The average Bonchev–Trinajstić information content (AvgIpc) is 2.75. The lowest BCUT2D eigenvalue weighted by Gasteiger charge is -2.14. The molecule has 1 N–H and O–H groups in total. The van der Waals surface area contributed by atoms with Gasteiger partial charge in [-0.05, 0) is 13.0 Å². The van der Waals surface area contributed by atoms with Gasteiger partial charge in [0.15, 0.2) is 5.82 Å². The minimum Gasteiger partial charge on any atom is -0.340 e. The maximum absolute atomic E-state index is 13.5. The van der Waals surface area contributed by atoms with E-state index < -0.39 is 0 Å². The van der Waals surface area contributed by atoms with Gasteiger partial charge in [-0.2, -0.15) is 4.98 Å². The highest BCUT2D eigenvalue weighted by Gasteiger charge is 2.09. The van der Waals surface area contributed by atoms with Crippen molar-refractivity contribution >= 4 is 0 Å². The van der Waals surface area contributed by atoms with Crippen LogP contribution in [-0.2, 0) is 6.42 Å². The minimum absolute atomic E-state index is 0.0424. The zero-order valence-corrected chi connectivity index (χ0v) is 10.5. The van der Waals surface area contributed by atoms with Crippen molar-refractivity contribution < 1.29 is 8.91 Å². The molecule has 96 valence electrons. The molecule has 0 aliphatic carbocycles. The first kappa shape index (κ1) is 12.7. The van der Waals surface area contributed by atoms with E-state index in [-0.39, 0.29) is 11.9 Å². The fourth-order valence-corrected chi connectivity index (χ4v) is 1.78. The lowest BCUT2D eigenvalue weighted by molar-refractivity contribution is 0.386. The molecule has 0 amide bonds. The lowest BCUT2D eigenvalue weighted by atomic mass is 10.1. The second kappa shape index (κ2) is 5.73. The van der Waals surface area contributed by atoms with Gasteiger partial charge in [0.2, 0.25) is 5.89 Å². The second-order valence-electron chi connectivity index (χ2n) is 4.18. The predicted molar refractivity (Wildman–Crippen MR) is 65.6 cm³/mol. The van der Waals surface area contributed by atoms with E-state index in [0.29, 0.717) is 30.2 Å². The highest BCUT2D eigenvalue weighted by atomic mass is 19.1. The van der Waals surface area contributed by atoms with Crippen LogP contribution in [0.2, 0.25) is 0 Å². The van der Waals surface area contributed by atoms with Gasteiger partial charge in [0.1, 0.15) is 5.82 Å². The fourth-order valence-electron chi connectivity index (χ4n) is 1.78. The first-order valence-corrected chi connectivity index (χ1v) is 5.94. The Bertz CT molecular complexity index is 512. The molecule has 0 aliphatic rings. The molecule has 4 nitrogen and oxygen atoms in total. The standard InChI is InChI=1S/C13H16FN3O/c1-9(11-5-3-4-6-12(11)14)15-8-7-13-16-10(2)18-17-13/h3-6,9,15H,7-8H2,1-2H3. The van der Waals surface area contributed by atoms with Crippen LogP contribution in [0.1, 0.15) is 30.2 Å². The Labute approximate surface area is 105 Å². The molecular weight excluding hydrogens is 233 g/mol. The number of benzene rings is 1. The molecule has 1 heterocycles. The van der Waals surface area contributed by atoms with Crippen LogP contribution in [0.3, 0.4) is 0 Å². The van der Waals surface area contributed by atoms with Crippen molar-refractivity contribution in [2.24, 2.45) is 0 Å². The molecule has 0 spiro atoms. The van der Waals surface area contributed by atoms with Gasteiger partial charge in [-0.1, -0.05) is 23.4 Å². The number of rotatable bonds is 5. The molecule has 1 atom stereocenters. The zero-order chi connectivity index (χ0) is 13.0.